The van der Waals surface area contributed by atoms with Crippen LogP contribution < -0.4 is 4.74 Å². The summed E-state index contributed by atoms with van der Waals surface area (Å²) in [6, 6.07) is 13.3. The van der Waals surface area contributed by atoms with Crippen LogP contribution in [-0.2, 0) is 15.6 Å². The zero-order chi connectivity index (χ0) is 16.2. The molecule has 118 valence electrons. The number of hydrogen-bond acceptors (Lipinski definition) is 4. The van der Waals surface area contributed by atoms with Crippen LogP contribution in [0.15, 0.2) is 48.5 Å². The average molecular weight is 341 g/mol. The number of hydrogen-bond donors (Lipinski definition) is 1. The summed E-state index contributed by atoms with van der Waals surface area (Å²) in [4.78, 5) is 0. The molecule has 2 aromatic rings. The van der Waals surface area contributed by atoms with Gasteiger partial charge in [-0.2, -0.15) is 0 Å². The van der Waals surface area contributed by atoms with Crippen LogP contribution in [-0.4, -0.2) is 26.4 Å². The van der Waals surface area contributed by atoms with Crippen molar-refractivity contribution in [1.29, 1.82) is 0 Å². The van der Waals surface area contributed by atoms with Gasteiger partial charge in [-0.25, -0.2) is 8.42 Å². The van der Waals surface area contributed by atoms with Gasteiger partial charge < -0.3 is 9.84 Å². The fourth-order valence-electron chi connectivity index (χ4n) is 2.06. The van der Waals surface area contributed by atoms with Gasteiger partial charge in [0.2, 0.25) is 0 Å². The van der Waals surface area contributed by atoms with Crippen LogP contribution in [0.1, 0.15) is 17.2 Å². The maximum Gasteiger partial charge on any atom is 0.157 e. The molecule has 0 aromatic heterocycles. The highest BCUT2D eigenvalue weighted by Crippen LogP contribution is 2.20. The molecule has 0 amide bonds. The number of aliphatic hydroxyl groups excluding tert-OH is 1. The molecule has 22 heavy (non-hydrogen) atoms. The van der Waals surface area contributed by atoms with Crippen molar-refractivity contribution in [3.8, 4) is 5.75 Å². The van der Waals surface area contributed by atoms with E-state index >= 15 is 0 Å². The van der Waals surface area contributed by atoms with Gasteiger partial charge in [-0.1, -0.05) is 35.9 Å². The van der Waals surface area contributed by atoms with Crippen molar-refractivity contribution in [3.63, 3.8) is 0 Å². The molecule has 2 aromatic carbocycles. The lowest BCUT2D eigenvalue weighted by molar-refractivity contribution is 0.201. The Balaban J connectivity index is 2.04. The van der Waals surface area contributed by atoms with Crippen molar-refractivity contribution in [3.05, 3.63) is 64.7 Å². The van der Waals surface area contributed by atoms with Gasteiger partial charge in [-0.15, -0.1) is 0 Å². The van der Waals surface area contributed by atoms with E-state index in [0.29, 0.717) is 21.9 Å². The number of sulfone groups is 1. The van der Waals surface area contributed by atoms with Crippen molar-refractivity contribution in [1.82, 2.24) is 0 Å². The predicted octanol–water partition coefficient (Wildman–Crippen LogP) is 3.00. The Morgan fingerprint density at radius 3 is 2.23 bits per heavy atom. The number of rotatable bonds is 6. The first kappa shape index (κ1) is 16.8. The second-order valence-electron chi connectivity index (χ2n) is 4.97. The van der Waals surface area contributed by atoms with Crippen molar-refractivity contribution < 1.29 is 18.3 Å². The number of benzene rings is 2. The summed E-state index contributed by atoms with van der Waals surface area (Å²) in [5.74, 6) is 0.213. The first-order valence-electron chi connectivity index (χ1n) is 6.66. The second-order valence-corrected chi connectivity index (χ2v) is 7.52. The minimum absolute atomic E-state index is 0.123. The zero-order valence-corrected chi connectivity index (χ0v) is 13.6. The third kappa shape index (κ3) is 4.73. The quantitative estimate of drug-likeness (QED) is 0.878. The van der Waals surface area contributed by atoms with E-state index in [1.54, 1.807) is 55.6 Å². The SMILES string of the molecule is COc1ccc(CS(=O)(=O)CC(O)c2ccc(Cl)cc2)cc1. The molecule has 1 atom stereocenters. The number of ether oxygens (including phenoxy) is 1. The lowest BCUT2D eigenvalue weighted by Crippen LogP contribution is -2.16. The van der Waals surface area contributed by atoms with Crippen LogP contribution in [0.2, 0.25) is 5.02 Å². The van der Waals surface area contributed by atoms with Gasteiger partial charge in [0.1, 0.15) is 5.75 Å². The zero-order valence-electron chi connectivity index (χ0n) is 12.1. The van der Waals surface area contributed by atoms with E-state index in [9.17, 15) is 13.5 Å². The maximum absolute atomic E-state index is 12.2. The van der Waals surface area contributed by atoms with Gasteiger partial charge in [0.15, 0.2) is 9.84 Å². The topological polar surface area (TPSA) is 63.6 Å². The Kier molecular flexibility index (Phi) is 5.45. The van der Waals surface area contributed by atoms with Crippen molar-refractivity contribution in [2.24, 2.45) is 0 Å². The summed E-state index contributed by atoms with van der Waals surface area (Å²) in [6.45, 7) is 0. The van der Waals surface area contributed by atoms with E-state index in [1.807, 2.05) is 0 Å². The number of halogens is 1. The minimum Gasteiger partial charge on any atom is -0.497 e. The first-order chi connectivity index (χ1) is 10.4. The maximum atomic E-state index is 12.2. The van der Waals surface area contributed by atoms with E-state index in [4.69, 9.17) is 16.3 Å². The molecule has 6 heteroatoms. The van der Waals surface area contributed by atoms with Crippen LogP contribution >= 0.6 is 11.6 Å². The molecule has 2 rings (SSSR count). The van der Waals surface area contributed by atoms with Gasteiger partial charge in [0.05, 0.1) is 24.7 Å². The Labute approximate surface area is 135 Å². The highest BCUT2D eigenvalue weighted by atomic mass is 35.5. The van der Waals surface area contributed by atoms with Crippen LogP contribution in [0.25, 0.3) is 0 Å². The first-order valence-corrected chi connectivity index (χ1v) is 8.86. The lowest BCUT2D eigenvalue weighted by Gasteiger charge is -2.12. The molecule has 0 bridgehead atoms. The van der Waals surface area contributed by atoms with E-state index in [-0.39, 0.29) is 11.5 Å². The van der Waals surface area contributed by atoms with Gasteiger partial charge in [-0.3, -0.25) is 0 Å². The molecule has 0 aliphatic carbocycles. The molecular weight excluding hydrogens is 324 g/mol. The summed E-state index contributed by atoms with van der Waals surface area (Å²) in [6.07, 6.45) is -1.07. The Morgan fingerprint density at radius 2 is 1.68 bits per heavy atom. The fourth-order valence-corrected chi connectivity index (χ4v) is 3.67. The summed E-state index contributed by atoms with van der Waals surface area (Å²) in [5.41, 5.74) is 1.19. The summed E-state index contributed by atoms with van der Waals surface area (Å²) < 4.78 is 29.4. The third-order valence-corrected chi connectivity index (χ3v) is 5.06. The fraction of sp³-hybridized carbons (Fsp3) is 0.250. The molecule has 0 aliphatic rings. The standard InChI is InChI=1S/C16H17ClO4S/c1-21-15-8-2-12(3-9-15)10-22(19,20)11-16(18)13-4-6-14(17)7-5-13/h2-9,16,18H,10-11H2,1H3. The van der Waals surface area contributed by atoms with E-state index in [1.165, 1.54) is 0 Å². The highest BCUT2D eigenvalue weighted by molar-refractivity contribution is 7.90. The number of aliphatic hydroxyl groups is 1. The van der Waals surface area contributed by atoms with Gasteiger partial charge in [0.25, 0.3) is 0 Å². The van der Waals surface area contributed by atoms with E-state index in [2.05, 4.69) is 0 Å². The van der Waals surface area contributed by atoms with Crippen molar-refractivity contribution in [2.75, 3.05) is 12.9 Å². The van der Waals surface area contributed by atoms with Gasteiger partial charge >= 0.3 is 0 Å². The summed E-state index contributed by atoms with van der Waals surface area (Å²) >= 11 is 5.77. The van der Waals surface area contributed by atoms with Crippen molar-refractivity contribution >= 4 is 21.4 Å². The molecule has 1 N–H and O–H groups in total. The highest BCUT2D eigenvalue weighted by Gasteiger charge is 2.19. The monoisotopic (exact) mass is 340 g/mol. The Morgan fingerprint density at radius 1 is 1.09 bits per heavy atom. The van der Waals surface area contributed by atoms with Gasteiger partial charge in [-0.05, 0) is 35.4 Å². The Hall–Kier alpha value is -1.56. The predicted molar refractivity (Wildman–Crippen MR) is 86.9 cm³/mol. The molecule has 1 unspecified atom stereocenters. The minimum atomic E-state index is -3.44. The Bertz CT molecular complexity index is 709. The summed E-state index contributed by atoms with van der Waals surface area (Å²) in [7, 11) is -1.89. The van der Waals surface area contributed by atoms with Crippen LogP contribution in [0.4, 0.5) is 0 Å². The second kappa shape index (κ2) is 7.13. The van der Waals surface area contributed by atoms with Crippen molar-refractivity contribution in [2.45, 2.75) is 11.9 Å². The number of methoxy groups -OCH3 is 1. The van der Waals surface area contributed by atoms with Crippen LogP contribution in [0.5, 0.6) is 5.75 Å². The molecule has 0 saturated carbocycles. The van der Waals surface area contributed by atoms with Crippen LogP contribution in [0, 0.1) is 0 Å². The molecule has 0 aliphatic heterocycles. The third-order valence-electron chi connectivity index (χ3n) is 3.21. The van der Waals surface area contributed by atoms with Crippen LogP contribution in [0.3, 0.4) is 0 Å². The molecule has 0 radical (unpaired) electrons. The average Bonchev–Trinajstić information content (AvgIpc) is 2.47. The van der Waals surface area contributed by atoms with E-state index < -0.39 is 15.9 Å². The molecule has 0 spiro atoms. The lowest BCUT2D eigenvalue weighted by atomic mass is 10.1. The summed E-state index contributed by atoms with van der Waals surface area (Å²) in [5, 5.41) is 10.6. The molecule has 0 saturated heterocycles. The normalized spacial score (nSPS) is 12.9. The van der Waals surface area contributed by atoms with Gasteiger partial charge in [0, 0.05) is 5.02 Å². The molecule has 0 fully saturated rings. The molecule has 4 nitrogen and oxygen atoms in total. The molecular formula is C16H17ClO4S. The van der Waals surface area contributed by atoms with E-state index in [0.717, 1.165) is 0 Å². The molecule has 0 heterocycles. The largest absolute Gasteiger partial charge is 0.497 e. The smallest absolute Gasteiger partial charge is 0.157 e.